The van der Waals surface area contributed by atoms with Crippen molar-refractivity contribution in [1.82, 2.24) is 0 Å². The molecule has 1 rings (SSSR count). The maximum absolute atomic E-state index is 5.86. The second kappa shape index (κ2) is 4.83. The van der Waals surface area contributed by atoms with Gasteiger partial charge < -0.3 is 0 Å². The maximum atomic E-state index is 5.86. The lowest BCUT2D eigenvalue weighted by Gasteiger charge is -2.02. The summed E-state index contributed by atoms with van der Waals surface area (Å²) in [5.41, 5.74) is 3.76. The number of hydrogen-bond acceptors (Lipinski definition) is 0. The lowest BCUT2D eigenvalue weighted by Crippen LogP contribution is -1.82. The molecule has 1 aromatic carbocycles. The predicted octanol–water partition coefficient (Wildman–Crippen LogP) is 4.45. The fourth-order valence-electron chi connectivity index (χ4n) is 1.11. The van der Waals surface area contributed by atoms with Crippen LogP contribution in [0.3, 0.4) is 0 Å². The van der Waals surface area contributed by atoms with E-state index in [1.54, 1.807) is 0 Å². The standard InChI is InChI=1S/C11H12BrCl/c1-8(7-12)5-10-3-4-11(13)6-9(10)2/h3-6H,7H2,1-2H3/b8-5-. The third-order valence-electron chi connectivity index (χ3n) is 1.84. The summed E-state index contributed by atoms with van der Waals surface area (Å²) in [5, 5.41) is 1.71. The van der Waals surface area contributed by atoms with Crippen LogP contribution in [0.5, 0.6) is 0 Å². The Hall–Kier alpha value is -0.270. The fraction of sp³-hybridized carbons (Fsp3) is 0.273. The molecule has 0 fully saturated rings. The zero-order chi connectivity index (χ0) is 9.84. The lowest BCUT2D eigenvalue weighted by atomic mass is 10.1. The number of allylic oxidation sites excluding steroid dienone is 1. The average molecular weight is 260 g/mol. The summed E-state index contributed by atoms with van der Waals surface area (Å²) in [6.45, 7) is 4.17. The first-order chi connectivity index (χ1) is 6.13. The quantitative estimate of drug-likeness (QED) is 0.689. The van der Waals surface area contributed by atoms with Crippen molar-refractivity contribution in [3.8, 4) is 0 Å². The average Bonchev–Trinajstić information content (AvgIpc) is 2.09. The van der Waals surface area contributed by atoms with Crippen LogP contribution in [-0.2, 0) is 0 Å². The van der Waals surface area contributed by atoms with Gasteiger partial charge in [0.1, 0.15) is 0 Å². The van der Waals surface area contributed by atoms with E-state index in [-0.39, 0.29) is 0 Å². The van der Waals surface area contributed by atoms with Gasteiger partial charge in [0, 0.05) is 10.4 Å². The van der Waals surface area contributed by atoms with E-state index in [4.69, 9.17) is 11.6 Å². The predicted molar refractivity (Wildman–Crippen MR) is 63.6 cm³/mol. The number of aryl methyl sites for hydroxylation is 1. The molecule has 13 heavy (non-hydrogen) atoms. The monoisotopic (exact) mass is 258 g/mol. The Morgan fingerprint density at radius 1 is 1.54 bits per heavy atom. The van der Waals surface area contributed by atoms with Gasteiger partial charge in [-0.05, 0) is 37.1 Å². The molecule has 1 aromatic rings. The van der Waals surface area contributed by atoms with Crippen molar-refractivity contribution >= 4 is 33.6 Å². The molecule has 0 N–H and O–H groups in total. The van der Waals surface area contributed by atoms with Gasteiger partial charge >= 0.3 is 0 Å². The number of benzene rings is 1. The SMILES string of the molecule is C/C(=C/c1ccc(Cl)cc1C)CBr. The molecular formula is C11H12BrCl. The van der Waals surface area contributed by atoms with E-state index in [2.05, 4.69) is 35.9 Å². The van der Waals surface area contributed by atoms with Gasteiger partial charge in [-0.3, -0.25) is 0 Å². The van der Waals surface area contributed by atoms with Gasteiger partial charge in [-0.15, -0.1) is 0 Å². The van der Waals surface area contributed by atoms with Gasteiger partial charge in [-0.25, -0.2) is 0 Å². The Bertz CT molecular complexity index is 329. The molecule has 0 aliphatic rings. The summed E-state index contributed by atoms with van der Waals surface area (Å²) in [5.74, 6) is 0. The third-order valence-corrected chi connectivity index (χ3v) is 2.96. The van der Waals surface area contributed by atoms with Crippen LogP contribution >= 0.6 is 27.5 Å². The molecule has 0 saturated carbocycles. The van der Waals surface area contributed by atoms with Gasteiger partial charge in [-0.1, -0.05) is 45.2 Å². The van der Waals surface area contributed by atoms with Crippen LogP contribution in [0.1, 0.15) is 18.1 Å². The van der Waals surface area contributed by atoms with Crippen LogP contribution in [0.4, 0.5) is 0 Å². The first-order valence-corrected chi connectivity index (χ1v) is 5.62. The third kappa shape index (κ3) is 3.17. The summed E-state index contributed by atoms with van der Waals surface area (Å²) in [4.78, 5) is 0. The Morgan fingerprint density at radius 2 is 2.23 bits per heavy atom. The van der Waals surface area contributed by atoms with Crippen molar-refractivity contribution < 1.29 is 0 Å². The molecule has 0 radical (unpaired) electrons. The Morgan fingerprint density at radius 3 is 2.77 bits per heavy atom. The summed E-state index contributed by atoms with van der Waals surface area (Å²) in [7, 11) is 0. The molecule has 0 heterocycles. The normalized spacial score (nSPS) is 11.8. The number of alkyl halides is 1. The van der Waals surface area contributed by atoms with E-state index < -0.39 is 0 Å². The molecule has 0 aromatic heterocycles. The number of rotatable bonds is 2. The molecule has 0 amide bonds. The van der Waals surface area contributed by atoms with Crippen LogP contribution in [0.2, 0.25) is 5.02 Å². The Labute approximate surface area is 92.7 Å². The van der Waals surface area contributed by atoms with Crippen LogP contribution in [0.25, 0.3) is 6.08 Å². The Kier molecular flexibility index (Phi) is 4.01. The van der Waals surface area contributed by atoms with Crippen molar-refractivity contribution in [3.63, 3.8) is 0 Å². The second-order valence-electron chi connectivity index (χ2n) is 3.13. The Balaban J connectivity index is 3.03. The van der Waals surface area contributed by atoms with E-state index >= 15 is 0 Å². The molecule has 0 unspecified atom stereocenters. The van der Waals surface area contributed by atoms with Crippen LogP contribution in [0, 0.1) is 6.92 Å². The van der Waals surface area contributed by atoms with Crippen molar-refractivity contribution in [2.24, 2.45) is 0 Å². The molecule has 0 saturated heterocycles. The van der Waals surface area contributed by atoms with Crippen molar-refractivity contribution in [2.45, 2.75) is 13.8 Å². The molecule has 2 heteroatoms. The van der Waals surface area contributed by atoms with Gasteiger partial charge in [0.05, 0.1) is 0 Å². The second-order valence-corrected chi connectivity index (χ2v) is 4.12. The molecule has 0 nitrogen and oxygen atoms in total. The highest BCUT2D eigenvalue weighted by Crippen LogP contribution is 2.18. The summed E-state index contributed by atoms with van der Waals surface area (Å²) < 4.78 is 0. The minimum atomic E-state index is 0.797. The van der Waals surface area contributed by atoms with Gasteiger partial charge in [0.15, 0.2) is 0 Å². The van der Waals surface area contributed by atoms with Crippen LogP contribution in [0.15, 0.2) is 23.8 Å². The van der Waals surface area contributed by atoms with Gasteiger partial charge in [-0.2, -0.15) is 0 Å². The van der Waals surface area contributed by atoms with E-state index in [1.807, 2.05) is 18.2 Å². The largest absolute Gasteiger partial charge is 0.0880 e. The van der Waals surface area contributed by atoms with E-state index in [9.17, 15) is 0 Å². The fourth-order valence-corrected chi connectivity index (χ4v) is 1.49. The highest BCUT2D eigenvalue weighted by molar-refractivity contribution is 9.09. The van der Waals surface area contributed by atoms with Crippen LogP contribution in [-0.4, -0.2) is 5.33 Å². The summed E-state index contributed by atoms with van der Waals surface area (Å²) >= 11 is 9.27. The molecule has 0 bridgehead atoms. The van der Waals surface area contributed by atoms with E-state index in [0.717, 1.165) is 10.4 Å². The highest BCUT2D eigenvalue weighted by Gasteiger charge is 1.96. The van der Waals surface area contributed by atoms with E-state index in [1.165, 1.54) is 16.7 Å². The molecule has 70 valence electrons. The lowest BCUT2D eigenvalue weighted by molar-refractivity contribution is 1.40. The van der Waals surface area contributed by atoms with Gasteiger partial charge in [0.2, 0.25) is 0 Å². The minimum absolute atomic E-state index is 0.797. The van der Waals surface area contributed by atoms with Gasteiger partial charge in [0.25, 0.3) is 0 Å². The van der Waals surface area contributed by atoms with Crippen molar-refractivity contribution in [2.75, 3.05) is 5.33 Å². The highest BCUT2D eigenvalue weighted by atomic mass is 79.9. The molecule has 0 spiro atoms. The topological polar surface area (TPSA) is 0 Å². The first-order valence-electron chi connectivity index (χ1n) is 4.13. The number of halogens is 2. The maximum Gasteiger partial charge on any atom is 0.0409 e. The first kappa shape index (κ1) is 10.8. The molecular weight excluding hydrogens is 247 g/mol. The van der Waals surface area contributed by atoms with Crippen molar-refractivity contribution in [1.29, 1.82) is 0 Å². The summed E-state index contributed by atoms with van der Waals surface area (Å²) in [6, 6.07) is 5.95. The van der Waals surface area contributed by atoms with E-state index in [0.29, 0.717) is 0 Å². The smallest absolute Gasteiger partial charge is 0.0409 e. The number of hydrogen-bond donors (Lipinski definition) is 0. The molecule has 0 atom stereocenters. The molecule has 0 aliphatic carbocycles. The zero-order valence-electron chi connectivity index (χ0n) is 7.77. The van der Waals surface area contributed by atoms with Crippen molar-refractivity contribution in [3.05, 3.63) is 39.9 Å². The summed E-state index contributed by atoms with van der Waals surface area (Å²) in [6.07, 6.45) is 2.17. The minimum Gasteiger partial charge on any atom is -0.0880 e. The molecule has 0 aliphatic heterocycles. The zero-order valence-corrected chi connectivity index (χ0v) is 10.1. The van der Waals surface area contributed by atoms with Crippen LogP contribution < -0.4 is 0 Å².